The van der Waals surface area contributed by atoms with Gasteiger partial charge in [-0.15, -0.1) is 0 Å². The van der Waals surface area contributed by atoms with Crippen LogP contribution in [-0.2, 0) is 38.8 Å². The van der Waals surface area contributed by atoms with Crippen molar-refractivity contribution < 1.29 is 23.7 Å². The van der Waals surface area contributed by atoms with Crippen molar-refractivity contribution in [3.05, 3.63) is 119 Å². The van der Waals surface area contributed by atoms with Gasteiger partial charge in [-0.2, -0.15) is 0 Å². The number of nitrogens with zero attached hydrogens (tertiary/aromatic N) is 1. The summed E-state index contributed by atoms with van der Waals surface area (Å²) < 4.78 is 24.7. The molecule has 2 fully saturated rings. The molecule has 2 heterocycles. The first-order chi connectivity index (χ1) is 22.2. The number of hydrogen-bond acceptors (Lipinski definition) is 5. The number of piperidine rings is 1. The summed E-state index contributed by atoms with van der Waals surface area (Å²) in [5.41, 5.74) is 4.12. The third kappa shape index (κ3) is 7.98. The van der Waals surface area contributed by atoms with Crippen LogP contribution in [0.2, 0.25) is 0 Å². The molecule has 0 N–H and O–H groups in total. The van der Waals surface area contributed by atoms with Gasteiger partial charge in [-0.1, -0.05) is 91.0 Å². The van der Waals surface area contributed by atoms with Crippen LogP contribution in [0.4, 0.5) is 4.79 Å². The predicted molar refractivity (Wildman–Crippen MR) is 182 cm³/mol. The molecule has 0 saturated carbocycles. The highest BCUT2D eigenvalue weighted by Gasteiger charge is 2.51. The van der Waals surface area contributed by atoms with Crippen molar-refractivity contribution in [1.29, 1.82) is 0 Å². The molecule has 2 bridgehead atoms. The highest BCUT2D eigenvalue weighted by atomic mass is 16.6. The number of carbonyl (C=O) groups excluding carboxylic acids is 1. The van der Waals surface area contributed by atoms with Gasteiger partial charge in [0.2, 0.25) is 0 Å². The van der Waals surface area contributed by atoms with Crippen LogP contribution in [0.5, 0.6) is 0 Å². The fourth-order valence-corrected chi connectivity index (χ4v) is 6.90. The van der Waals surface area contributed by atoms with Gasteiger partial charge in [0.05, 0.1) is 44.7 Å². The quantitative estimate of drug-likeness (QED) is 0.168. The van der Waals surface area contributed by atoms with E-state index in [-0.39, 0.29) is 36.3 Å². The minimum Gasteiger partial charge on any atom is -0.444 e. The predicted octanol–water partition coefficient (Wildman–Crippen LogP) is 8.80. The molecule has 46 heavy (non-hydrogen) atoms. The molecule has 6 heteroatoms. The van der Waals surface area contributed by atoms with E-state index in [0.29, 0.717) is 26.4 Å². The Balaban J connectivity index is 1.12. The Morgan fingerprint density at radius 2 is 1.50 bits per heavy atom. The van der Waals surface area contributed by atoms with Crippen LogP contribution in [0.15, 0.2) is 97.1 Å². The van der Waals surface area contributed by atoms with Crippen LogP contribution in [0.1, 0.15) is 75.1 Å². The lowest BCUT2D eigenvalue weighted by molar-refractivity contribution is -0.0667. The lowest BCUT2D eigenvalue weighted by Gasteiger charge is -2.44. The average Bonchev–Trinajstić information content (AvgIpc) is 3.38. The van der Waals surface area contributed by atoms with Gasteiger partial charge >= 0.3 is 6.09 Å². The Morgan fingerprint density at radius 3 is 2.26 bits per heavy atom. The summed E-state index contributed by atoms with van der Waals surface area (Å²) in [5, 5.41) is 2.42. The molecule has 2 aliphatic heterocycles. The first kappa shape index (κ1) is 32.2. The molecular weight excluding hydrogens is 574 g/mol. The van der Waals surface area contributed by atoms with Gasteiger partial charge in [-0.05, 0) is 86.1 Å². The van der Waals surface area contributed by atoms with Gasteiger partial charge in [-0.3, -0.25) is 4.90 Å². The molecule has 1 amide bonds. The standard InChI is InChI=1S/C40H47NO5/c1-28(44-26-29-10-6-5-7-11-29)24-43-25-30-14-18-33(19-15-30)36-23-35-20-21-37(41(35)39(42)46-40(2,3)4)38(36)45-27-31-16-17-32-12-8-9-13-34(32)22-31/h5-19,22,28,35-38H,20-21,23-27H2,1-4H3. The minimum absolute atomic E-state index is 0.00521. The number of rotatable bonds is 11. The van der Waals surface area contributed by atoms with E-state index in [4.69, 9.17) is 18.9 Å². The maximum Gasteiger partial charge on any atom is 0.410 e. The Labute approximate surface area is 273 Å². The van der Waals surface area contributed by atoms with Crippen molar-refractivity contribution in [2.75, 3.05) is 6.61 Å². The van der Waals surface area contributed by atoms with E-state index in [1.807, 2.05) is 50.8 Å². The highest BCUT2D eigenvalue weighted by molar-refractivity contribution is 5.82. The average molecular weight is 622 g/mol. The molecule has 2 aliphatic rings. The van der Waals surface area contributed by atoms with Crippen LogP contribution >= 0.6 is 0 Å². The Hall–Kier alpha value is -3.71. The van der Waals surface area contributed by atoms with Crippen molar-refractivity contribution in [1.82, 2.24) is 4.90 Å². The fourth-order valence-electron chi connectivity index (χ4n) is 6.90. The lowest BCUT2D eigenvalue weighted by atomic mass is 9.82. The molecular formula is C40H47NO5. The summed E-state index contributed by atoms with van der Waals surface area (Å²) in [4.78, 5) is 15.4. The zero-order valence-corrected chi connectivity index (χ0v) is 27.6. The molecule has 6 rings (SSSR count). The van der Waals surface area contributed by atoms with Crippen LogP contribution in [-0.4, -0.2) is 47.5 Å². The van der Waals surface area contributed by atoms with Crippen molar-refractivity contribution in [3.8, 4) is 0 Å². The fraction of sp³-hybridized carbons (Fsp3) is 0.425. The Morgan fingerprint density at radius 1 is 0.804 bits per heavy atom. The zero-order valence-electron chi connectivity index (χ0n) is 27.6. The summed E-state index contributed by atoms with van der Waals surface area (Å²) in [6.45, 7) is 9.97. The number of amides is 1. The summed E-state index contributed by atoms with van der Waals surface area (Å²) >= 11 is 0. The van der Waals surface area contributed by atoms with Crippen molar-refractivity contribution in [2.45, 2.75) is 103 Å². The molecule has 4 aromatic carbocycles. The van der Waals surface area contributed by atoms with Gasteiger partial charge in [0.15, 0.2) is 0 Å². The maximum atomic E-state index is 13.4. The summed E-state index contributed by atoms with van der Waals surface area (Å²) in [7, 11) is 0. The van der Waals surface area contributed by atoms with E-state index in [2.05, 4.69) is 78.9 Å². The number of carbonyl (C=O) groups is 1. The Kier molecular flexibility index (Phi) is 10.1. The van der Waals surface area contributed by atoms with E-state index < -0.39 is 5.60 Å². The van der Waals surface area contributed by atoms with E-state index in [9.17, 15) is 4.79 Å². The highest BCUT2D eigenvalue weighted by Crippen LogP contribution is 2.45. The van der Waals surface area contributed by atoms with Gasteiger partial charge < -0.3 is 18.9 Å². The number of ether oxygens (including phenoxy) is 4. The van der Waals surface area contributed by atoms with Crippen LogP contribution in [0.25, 0.3) is 10.8 Å². The first-order valence-electron chi connectivity index (χ1n) is 16.7. The van der Waals surface area contributed by atoms with Crippen LogP contribution in [0, 0.1) is 0 Å². The first-order valence-corrected chi connectivity index (χ1v) is 16.7. The SMILES string of the molecule is CC(COCc1ccc(C2CC3CCC(C2OCc2ccc4ccccc4c2)N3C(=O)OC(C)(C)C)cc1)OCc1ccccc1. The van der Waals surface area contributed by atoms with Crippen molar-refractivity contribution >= 4 is 16.9 Å². The van der Waals surface area contributed by atoms with E-state index in [1.165, 1.54) is 16.3 Å². The second-order valence-corrected chi connectivity index (χ2v) is 13.8. The van der Waals surface area contributed by atoms with Gasteiger partial charge in [-0.25, -0.2) is 4.79 Å². The zero-order chi connectivity index (χ0) is 32.1. The van der Waals surface area contributed by atoms with Crippen LogP contribution in [0.3, 0.4) is 0 Å². The minimum atomic E-state index is -0.543. The maximum absolute atomic E-state index is 13.4. The summed E-state index contributed by atoms with van der Waals surface area (Å²) in [5.74, 6) is 0.179. The molecule has 5 atom stereocenters. The summed E-state index contributed by atoms with van der Waals surface area (Å²) in [6, 6.07) is 34.0. The molecule has 4 aromatic rings. The number of fused-ring (bicyclic) bond motifs is 3. The van der Waals surface area contributed by atoms with Crippen molar-refractivity contribution in [2.24, 2.45) is 0 Å². The molecule has 0 radical (unpaired) electrons. The van der Waals surface area contributed by atoms with Gasteiger partial charge in [0.25, 0.3) is 0 Å². The van der Waals surface area contributed by atoms with E-state index in [1.54, 1.807) is 0 Å². The summed E-state index contributed by atoms with van der Waals surface area (Å²) in [6.07, 6.45) is 2.37. The van der Waals surface area contributed by atoms with Crippen molar-refractivity contribution in [3.63, 3.8) is 0 Å². The second-order valence-electron chi connectivity index (χ2n) is 13.8. The van der Waals surface area contributed by atoms with E-state index >= 15 is 0 Å². The van der Waals surface area contributed by atoms with Gasteiger partial charge in [0.1, 0.15) is 5.60 Å². The van der Waals surface area contributed by atoms with Gasteiger partial charge in [0, 0.05) is 12.0 Å². The smallest absolute Gasteiger partial charge is 0.410 e. The topological polar surface area (TPSA) is 57.2 Å². The lowest BCUT2D eigenvalue weighted by Crippen LogP contribution is -2.55. The van der Waals surface area contributed by atoms with Crippen LogP contribution < -0.4 is 0 Å². The molecule has 5 unspecified atom stereocenters. The third-order valence-corrected chi connectivity index (χ3v) is 9.12. The molecule has 6 nitrogen and oxygen atoms in total. The third-order valence-electron chi connectivity index (χ3n) is 9.12. The van der Waals surface area contributed by atoms with E-state index in [0.717, 1.165) is 36.0 Å². The number of benzene rings is 4. The normalized spacial score (nSPS) is 21.8. The molecule has 0 aliphatic carbocycles. The monoisotopic (exact) mass is 621 g/mol. The molecule has 2 saturated heterocycles. The Bertz CT molecular complexity index is 1580. The molecule has 242 valence electrons. The largest absolute Gasteiger partial charge is 0.444 e. The molecule has 0 aromatic heterocycles. The number of hydrogen-bond donors (Lipinski definition) is 0. The second kappa shape index (κ2) is 14.4. The molecule has 0 spiro atoms.